The van der Waals surface area contributed by atoms with E-state index < -0.39 is 0 Å². The molecule has 1 fully saturated rings. The zero-order chi connectivity index (χ0) is 23.0. The van der Waals surface area contributed by atoms with E-state index >= 15 is 0 Å². The molecule has 0 N–H and O–H groups in total. The topological polar surface area (TPSA) is 63.5 Å². The summed E-state index contributed by atoms with van der Waals surface area (Å²) in [5.74, 6) is 1.19. The van der Waals surface area contributed by atoms with Crippen molar-refractivity contribution in [2.24, 2.45) is 0 Å². The maximum absolute atomic E-state index is 12.8. The molecule has 1 saturated heterocycles. The van der Waals surface area contributed by atoms with Crippen LogP contribution in [0.1, 0.15) is 12.5 Å². The van der Waals surface area contributed by atoms with E-state index in [4.69, 9.17) is 16.3 Å². The number of hydrogen-bond acceptors (Lipinski definition) is 6. The Balaban J connectivity index is 1.23. The number of thioether (sulfide) groups is 1. The summed E-state index contributed by atoms with van der Waals surface area (Å²) < 4.78 is 7.75. The quantitative estimate of drug-likeness (QED) is 0.429. The summed E-state index contributed by atoms with van der Waals surface area (Å²) in [4.78, 5) is 17.0. The predicted octanol–water partition coefficient (Wildman–Crippen LogP) is 3.80. The molecule has 0 radical (unpaired) electrons. The molecule has 1 aromatic heterocycles. The average molecular weight is 486 g/mol. The van der Waals surface area contributed by atoms with Gasteiger partial charge in [0.05, 0.1) is 16.5 Å². The first-order valence-corrected chi connectivity index (χ1v) is 12.5. The van der Waals surface area contributed by atoms with E-state index in [-0.39, 0.29) is 5.91 Å². The number of carbonyl (C=O) groups excluding carboxylic acids is 1. The van der Waals surface area contributed by atoms with Gasteiger partial charge in [-0.15, -0.1) is 10.2 Å². The van der Waals surface area contributed by atoms with E-state index in [0.717, 1.165) is 50.0 Å². The van der Waals surface area contributed by atoms with Crippen molar-refractivity contribution in [2.75, 3.05) is 45.1 Å². The molecule has 33 heavy (non-hydrogen) atoms. The number of hydrogen-bond donors (Lipinski definition) is 0. The molecule has 0 aliphatic carbocycles. The number of rotatable bonds is 9. The maximum atomic E-state index is 12.8. The Labute approximate surface area is 203 Å². The fraction of sp³-hybridized carbons (Fsp3) is 0.375. The van der Waals surface area contributed by atoms with Gasteiger partial charge in [0.15, 0.2) is 5.16 Å². The van der Waals surface area contributed by atoms with Crippen molar-refractivity contribution < 1.29 is 9.53 Å². The van der Waals surface area contributed by atoms with Crippen LogP contribution in [0.15, 0.2) is 60.0 Å². The van der Waals surface area contributed by atoms with Gasteiger partial charge in [-0.1, -0.05) is 60.6 Å². The largest absolute Gasteiger partial charge is 0.491 e. The molecule has 0 atom stereocenters. The molecule has 4 rings (SSSR count). The molecule has 1 aliphatic rings. The van der Waals surface area contributed by atoms with Crippen LogP contribution in [0.5, 0.6) is 5.75 Å². The minimum atomic E-state index is 0.130. The number of benzene rings is 2. The zero-order valence-corrected chi connectivity index (χ0v) is 20.3. The Bertz CT molecular complexity index is 1070. The summed E-state index contributed by atoms with van der Waals surface area (Å²) in [6.45, 7) is 6.62. The monoisotopic (exact) mass is 485 g/mol. The standard InChI is InChI=1S/C24H28ClN5O2S/c1-2-19-7-3-5-9-21(19)30-18-26-27-24(30)33-17-23(31)29-13-11-28(12-14-29)15-16-32-22-10-6-4-8-20(22)25/h3-10,18H,2,11-17H2,1H3. The van der Waals surface area contributed by atoms with Crippen molar-refractivity contribution in [2.45, 2.75) is 18.5 Å². The van der Waals surface area contributed by atoms with E-state index in [1.54, 1.807) is 6.33 Å². The molecule has 0 saturated carbocycles. The van der Waals surface area contributed by atoms with E-state index in [2.05, 4.69) is 34.2 Å². The van der Waals surface area contributed by atoms with Crippen molar-refractivity contribution in [3.05, 3.63) is 65.4 Å². The second kappa shape index (κ2) is 11.5. The summed E-state index contributed by atoms with van der Waals surface area (Å²) in [7, 11) is 0. The lowest BCUT2D eigenvalue weighted by molar-refractivity contribution is -0.130. The van der Waals surface area contributed by atoms with E-state index in [1.165, 1.54) is 17.3 Å². The molecule has 0 spiro atoms. The van der Waals surface area contributed by atoms with E-state index in [9.17, 15) is 4.79 Å². The van der Waals surface area contributed by atoms with Crippen LogP contribution in [0.3, 0.4) is 0 Å². The first-order chi connectivity index (χ1) is 16.2. The van der Waals surface area contributed by atoms with Crippen LogP contribution in [0.25, 0.3) is 5.69 Å². The van der Waals surface area contributed by atoms with Gasteiger partial charge in [-0.25, -0.2) is 0 Å². The Hall–Kier alpha value is -2.55. The molecular formula is C24H28ClN5O2S. The molecule has 174 valence electrons. The number of para-hydroxylation sites is 2. The Morgan fingerprint density at radius 2 is 1.85 bits per heavy atom. The fourth-order valence-corrected chi connectivity index (χ4v) is 4.83. The van der Waals surface area contributed by atoms with Crippen molar-refractivity contribution in [3.8, 4) is 11.4 Å². The minimum absolute atomic E-state index is 0.130. The second-order valence-corrected chi connectivity index (χ2v) is 9.11. The van der Waals surface area contributed by atoms with Crippen LogP contribution in [-0.2, 0) is 11.2 Å². The first-order valence-electron chi connectivity index (χ1n) is 11.1. The molecule has 2 aromatic carbocycles. The average Bonchev–Trinajstić information content (AvgIpc) is 3.32. The zero-order valence-electron chi connectivity index (χ0n) is 18.7. The molecule has 1 amide bonds. The third kappa shape index (κ3) is 6.07. The van der Waals surface area contributed by atoms with Crippen LogP contribution >= 0.6 is 23.4 Å². The smallest absolute Gasteiger partial charge is 0.233 e. The van der Waals surface area contributed by atoms with Crippen molar-refractivity contribution in [1.82, 2.24) is 24.6 Å². The molecule has 0 bridgehead atoms. The third-order valence-corrected chi connectivity index (χ3v) is 6.94. The highest BCUT2D eigenvalue weighted by Crippen LogP contribution is 2.24. The van der Waals surface area contributed by atoms with Gasteiger partial charge in [-0.2, -0.15) is 0 Å². The van der Waals surface area contributed by atoms with Gasteiger partial charge >= 0.3 is 0 Å². The Morgan fingerprint density at radius 3 is 2.64 bits per heavy atom. The number of amides is 1. The number of carbonyl (C=O) groups is 1. The molecule has 1 aliphatic heterocycles. The summed E-state index contributed by atoms with van der Waals surface area (Å²) in [6, 6.07) is 15.7. The molecule has 0 unspecified atom stereocenters. The van der Waals surface area contributed by atoms with Crippen LogP contribution in [0.2, 0.25) is 5.02 Å². The van der Waals surface area contributed by atoms with Crippen molar-refractivity contribution in [1.29, 1.82) is 0 Å². The van der Waals surface area contributed by atoms with Gasteiger partial charge in [0.1, 0.15) is 18.7 Å². The van der Waals surface area contributed by atoms with E-state index in [0.29, 0.717) is 23.1 Å². The van der Waals surface area contributed by atoms with Crippen LogP contribution in [0.4, 0.5) is 0 Å². The maximum Gasteiger partial charge on any atom is 0.233 e. The predicted molar refractivity (Wildman–Crippen MR) is 131 cm³/mol. The minimum Gasteiger partial charge on any atom is -0.491 e. The second-order valence-electron chi connectivity index (χ2n) is 7.76. The van der Waals surface area contributed by atoms with Crippen LogP contribution < -0.4 is 4.74 Å². The Morgan fingerprint density at radius 1 is 1.09 bits per heavy atom. The van der Waals surface area contributed by atoms with Gasteiger partial charge in [0.25, 0.3) is 0 Å². The fourth-order valence-electron chi connectivity index (χ4n) is 3.82. The van der Waals surface area contributed by atoms with Gasteiger partial charge < -0.3 is 9.64 Å². The molecule has 3 aromatic rings. The van der Waals surface area contributed by atoms with Crippen molar-refractivity contribution in [3.63, 3.8) is 0 Å². The van der Waals surface area contributed by atoms with Crippen LogP contribution in [-0.4, -0.2) is 75.6 Å². The van der Waals surface area contributed by atoms with Gasteiger partial charge in [0, 0.05) is 32.7 Å². The number of piperazine rings is 1. The SMILES string of the molecule is CCc1ccccc1-n1cnnc1SCC(=O)N1CCN(CCOc2ccccc2Cl)CC1. The number of ether oxygens (including phenoxy) is 1. The summed E-state index contributed by atoms with van der Waals surface area (Å²) in [5, 5.41) is 9.67. The van der Waals surface area contributed by atoms with Crippen LogP contribution in [0, 0.1) is 0 Å². The lowest BCUT2D eigenvalue weighted by Crippen LogP contribution is -2.50. The Kier molecular flexibility index (Phi) is 8.25. The molecule has 7 nitrogen and oxygen atoms in total. The lowest BCUT2D eigenvalue weighted by Gasteiger charge is -2.34. The normalized spacial score (nSPS) is 14.4. The number of aryl methyl sites for hydroxylation is 1. The summed E-state index contributed by atoms with van der Waals surface area (Å²) >= 11 is 7.57. The van der Waals surface area contributed by atoms with Gasteiger partial charge in [-0.05, 0) is 30.2 Å². The van der Waals surface area contributed by atoms with Crippen molar-refractivity contribution >= 4 is 29.3 Å². The molecule has 2 heterocycles. The third-order valence-electron chi connectivity index (χ3n) is 5.70. The van der Waals surface area contributed by atoms with E-state index in [1.807, 2.05) is 45.9 Å². The summed E-state index contributed by atoms with van der Waals surface area (Å²) in [5.41, 5.74) is 2.28. The number of nitrogens with zero attached hydrogens (tertiary/aromatic N) is 5. The summed E-state index contributed by atoms with van der Waals surface area (Å²) in [6.07, 6.45) is 2.63. The lowest BCUT2D eigenvalue weighted by atomic mass is 10.1. The van der Waals surface area contributed by atoms with Gasteiger partial charge in [0.2, 0.25) is 5.91 Å². The molecular weight excluding hydrogens is 458 g/mol. The van der Waals surface area contributed by atoms with Gasteiger partial charge in [-0.3, -0.25) is 14.3 Å². The first kappa shape index (κ1) is 23.6. The number of aromatic nitrogens is 3. The molecule has 9 heteroatoms. The highest BCUT2D eigenvalue weighted by Gasteiger charge is 2.22. The highest BCUT2D eigenvalue weighted by molar-refractivity contribution is 7.99. The highest BCUT2D eigenvalue weighted by atomic mass is 35.5. The number of halogens is 1.